The van der Waals surface area contributed by atoms with Crippen molar-refractivity contribution < 1.29 is 9.47 Å². The molecule has 0 spiro atoms. The molecule has 18 heavy (non-hydrogen) atoms. The van der Waals surface area contributed by atoms with Gasteiger partial charge in [0.15, 0.2) is 11.5 Å². The number of nitrogen functional groups attached to an aromatic ring is 1. The summed E-state index contributed by atoms with van der Waals surface area (Å²) in [6, 6.07) is 5.34. The van der Waals surface area contributed by atoms with Gasteiger partial charge in [-0.15, -0.1) is 0 Å². The number of hydrogen-bond acceptors (Lipinski definition) is 4. The fourth-order valence-electron chi connectivity index (χ4n) is 1.70. The number of ether oxygens (including phenoxy) is 2. The van der Waals surface area contributed by atoms with E-state index < -0.39 is 0 Å². The van der Waals surface area contributed by atoms with Crippen LogP contribution in [0.3, 0.4) is 0 Å². The van der Waals surface area contributed by atoms with E-state index in [0.717, 1.165) is 12.2 Å². The third kappa shape index (κ3) is 2.74. The summed E-state index contributed by atoms with van der Waals surface area (Å²) in [4.78, 5) is 4.23. The highest BCUT2D eigenvalue weighted by molar-refractivity contribution is 5.51. The van der Waals surface area contributed by atoms with Gasteiger partial charge in [-0.3, -0.25) is 0 Å². The zero-order chi connectivity index (χ0) is 13.0. The largest absolute Gasteiger partial charge is 0.493 e. The van der Waals surface area contributed by atoms with Crippen LogP contribution in [-0.2, 0) is 13.5 Å². The highest BCUT2D eigenvalue weighted by atomic mass is 16.5. The van der Waals surface area contributed by atoms with Crippen LogP contribution in [0.5, 0.6) is 11.5 Å². The molecule has 1 heterocycles. The number of hydrogen-bond donors (Lipinski definition) is 1. The number of methoxy groups -OCH3 is 1. The molecule has 96 valence electrons. The first-order chi connectivity index (χ1) is 8.70. The molecular weight excluding hydrogens is 230 g/mol. The van der Waals surface area contributed by atoms with Crippen molar-refractivity contribution >= 4 is 5.69 Å². The number of nitrogens with zero attached hydrogens (tertiary/aromatic N) is 2. The van der Waals surface area contributed by atoms with Crippen molar-refractivity contribution in [1.82, 2.24) is 9.55 Å². The monoisotopic (exact) mass is 247 g/mol. The van der Waals surface area contributed by atoms with Gasteiger partial charge in [0.1, 0.15) is 5.82 Å². The first-order valence-electron chi connectivity index (χ1n) is 5.73. The van der Waals surface area contributed by atoms with Gasteiger partial charge in [-0.2, -0.15) is 0 Å². The lowest BCUT2D eigenvalue weighted by molar-refractivity contribution is 0.294. The summed E-state index contributed by atoms with van der Waals surface area (Å²) >= 11 is 0. The molecule has 0 fully saturated rings. The van der Waals surface area contributed by atoms with Crippen LogP contribution in [-0.4, -0.2) is 23.3 Å². The van der Waals surface area contributed by atoms with Crippen molar-refractivity contribution in [2.45, 2.75) is 6.42 Å². The maximum Gasteiger partial charge on any atom is 0.163 e. The Morgan fingerprint density at radius 2 is 2.17 bits per heavy atom. The average Bonchev–Trinajstić information content (AvgIpc) is 2.76. The summed E-state index contributed by atoms with van der Waals surface area (Å²) in [7, 11) is 3.57. The molecule has 0 atom stereocenters. The number of aryl methyl sites for hydroxylation is 1. The first kappa shape index (κ1) is 12.3. The molecule has 0 radical (unpaired) electrons. The Kier molecular flexibility index (Phi) is 3.72. The van der Waals surface area contributed by atoms with Crippen LogP contribution in [0.1, 0.15) is 5.82 Å². The van der Waals surface area contributed by atoms with E-state index in [1.54, 1.807) is 31.5 Å². The molecular formula is C13H17N3O2. The standard InChI is InChI=1S/C13H17N3O2/c1-16-7-6-15-13(16)5-8-18-12-9-10(14)3-4-11(12)17-2/h3-4,6-7,9H,5,8,14H2,1-2H3. The van der Waals surface area contributed by atoms with E-state index in [2.05, 4.69) is 4.98 Å². The minimum absolute atomic E-state index is 0.532. The van der Waals surface area contributed by atoms with Gasteiger partial charge < -0.3 is 19.8 Å². The number of nitrogens with two attached hydrogens (primary N) is 1. The van der Waals surface area contributed by atoms with E-state index in [0.29, 0.717) is 23.8 Å². The Morgan fingerprint density at radius 3 is 2.83 bits per heavy atom. The third-order valence-electron chi connectivity index (χ3n) is 2.69. The van der Waals surface area contributed by atoms with Gasteiger partial charge in [0.2, 0.25) is 0 Å². The highest BCUT2D eigenvalue weighted by Crippen LogP contribution is 2.28. The van der Waals surface area contributed by atoms with Gasteiger partial charge in [0.05, 0.1) is 13.7 Å². The molecule has 1 aromatic carbocycles. The smallest absolute Gasteiger partial charge is 0.163 e. The lowest BCUT2D eigenvalue weighted by atomic mass is 10.3. The van der Waals surface area contributed by atoms with E-state index >= 15 is 0 Å². The van der Waals surface area contributed by atoms with Crippen molar-refractivity contribution in [3.8, 4) is 11.5 Å². The van der Waals surface area contributed by atoms with E-state index in [-0.39, 0.29) is 0 Å². The number of imidazole rings is 1. The predicted molar refractivity (Wildman–Crippen MR) is 69.8 cm³/mol. The van der Waals surface area contributed by atoms with E-state index in [1.807, 2.05) is 17.8 Å². The van der Waals surface area contributed by atoms with Crippen LogP contribution in [0.2, 0.25) is 0 Å². The topological polar surface area (TPSA) is 62.3 Å². The van der Waals surface area contributed by atoms with Crippen molar-refractivity contribution in [3.63, 3.8) is 0 Å². The fourth-order valence-corrected chi connectivity index (χ4v) is 1.70. The molecule has 0 aliphatic heterocycles. The molecule has 5 heteroatoms. The Hall–Kier alpha value is -2.17. The SMILES string of the molecule is COc1ccc(N)cc1OCCc1nccn1C. The lowest BCUT2D eigenvalue weighted by Crippen LogP contribution is -2.07. The van der Waals surface area contributed by atoms with Gasteiger partial charge in [-0.25, -0.2) is 4.98 Å². The quantitative estimate of drug-likeness (QED) is 0.816. The summed E-state index contributed by atoms with van der Waals surface area (Å²) < 4.78 is 12.9. The second-order valence-corrected chi connectivity index (χ2v) is 3.96. The minimum atomic E-state index is 0.532. The molecule has 2 N–H and O–H groups in total. The van der Waals surface area contributed by atoms with E-state index in [4.69, 9.17) is 15.2 Å². The van der Waals surface area contributed by atoms with Crippen LogP contribution in [0, 0.1) is 0 Å². The minimum Gasteiger partial charge on any atom is -0.493 e. The van der Waals surface area contributed by atoms with Crippen LogP contribution in [0.15, 0.2) is 30.6 Å². The zero-order valence-electron chi connectivity index (χ0n) is 10.6. The van der Waals surface area contributed by atoms with E-state index in [1.165, 1.54) is 0 Å². The van der Waals surface area contributed by atoms with E-state index in [9.17, 15) is 0 Å². The number of rotatable bonds is 5. The maximum atomic E-state index is 5.72. The summed E-state index contributed by atoms with van der Waals surface area (Å²) in [5.41, 5.74) is 6.38. The normalized spacial score (nSPS) is 10.3. The van der Waals surface area contributed by atoms with Crippen molar-refractivity contribution in [2.75, 3.05) is 19.5 Å². The molecule has 0 aliphatic rings. The maximum absolute atomic E-state index is 5.72. The Balaban J connectivity index is 1.98. The summed E-state index contributed by atoms with van der Waals surface area (Å²) in [5.74, 6) is 2.33. The Labute approximate surface area is 106 Å². The highest BCUT2D eigenvalue weighted by Gasteiger charge is 2.05. The fraction of sp³-hybridized carbons (Fsp3) is 0.308. The molecule has 0 aliphatic carbocycles. The van der Waals surface area contributed by atoms with Gasteiger partial charge in [0, 0.05) is 37.6 Å². The summed E-state index contributed by atoms with van der Waals surface area (Å²) in [5, 5.41) is 0. The Morgan fingerprint density at radius 1 is 1.33 bits per heavy atom. The van der Waals surface area contributed by atoms with Crippen LogP contribution in [0.4, 0.5) is 5.69 Å². The molecule has 1 aromatic heterocycles. The van der Waals surface area contributed by atoms with Crippen molar-refractivity contribution in [1.29, 1.82) is 0 Å². The zero-order valence-corrected chi connectivity index (χ0v) is 10.6. The molecule has 0 saturated carbocycles. The van der Waals surface area contributed by atoms with Crippen LogP contribution in [0.25, 0.3) is 0 Å². The summed E-state index contributed by atoms with van der Waals surface area (Å²) in [6.45, 7) is 0.532. The molecule has 0 unspecified atom stereocenters. The third-order valence-corrected chi connectivity index (χ3v) is 2.69. The molecule has 0 saturated heterocycles. The molecule has 2 rings (SSSR count). The van der Waals surface area contributed by atoms with Crippen LogP contribution >= 0.6 is 0 Å². The van der Waals surface area contributed by atoms with Crippen LogP contribution < -0.4 is 15.2 Å². The van der Waals surface area contributed by atoms with Gasteiger partial charge >= 0.3 is 0 Å². The number of anilines is 1. The second-order valence-electron chi connectivity index (χ2n) is 3.96. The molecule has 2 aromatic rings. The predicted octanol–water partition coefficient (Wildman–Crippen LogP) is 1.63. The Bertz CT molecular complexity index is 523. The first-order valence-corrected chi connectivity index (χ1v) is 5.73. The van der Waals surface area contributed by atoms with Gasteiger partial charge in [-0.1, -0.05) is 0 Å². The molecule has 0 amide bonds. The van der Waals surface area contributed by atoms with Crippen molar-refractivity contribution in [2.24, 2.45) is 7.05 Å². The average molecular weight is 247 g/mol. The number of aromatic nitrogens is 2. The molecule has 5 nitrogen and oxygen atoms in total. The number of benzene rings is 1. The molecule has 0 bridgehead atoms. The van der Waals surface area contributed by atoms with Gasteiger partial charge in [-0.05, 0) is 12.1 Å². The lowest BCUT2D eigenvalue weighted by Gasteiger charge is -2.11. The van der Waals surface area contributed by atoms with Gasteiger partial charge in [0.25, 0.3) is 0 Å². The summed E-state index contributed by atoms with van der Waals surface area (Å²) in [6.07, 6.45) is 4.42. The second kappa shape index (κ2) is 5.44. The van der Waals surface area contributed by atoms with Crippen molar-refractivity contribution in [3.05, 3.63) is 36.4 Å².